The SMILES string of the molecule is O=Cc1ccc(Br)c(CBr)c1F. The molecule has 1 aromatic rings. The van der Waals surface area contributed by atoms with Gasteiger partial charge in [0.05, 0.1) is 5.56 Å². The van der Waals surface area contributed by atoms with Crippen molar-refractivity contribution in [1.82, 2.24) is 0 Å². The largest absolute Gasteiger partial charge is 0.298 e. The Balaban J connectivity index is 3.33. The second-order valence-corrected chi connectivity index (χ2v) is 3.60. The molecule has 0 fully saturated rings. The molecule has 1 nitrogen and oxygen atoms in total. The van der Waals surface area contributed by atoms with E-state index in [0.717, 1.165) is 0 Å². The van der Waals surface area contributed by atoms with Crippen LogP contribution in [-0.4, -0.2) is 6.29 Å². The fraction of sp³-hybridized carbons (Fsp3) is 0.125. The summed E-state index contributed by atoms with van der Waals surface area (Å²) >= 11 is 6.32. The van der Waals surface area contributed by atoms with E-state index in [1.54, 1.807) is 6.07 Å². The first-order valence-corrected chi connectivity index (χ1v) is 5.10. The van der Waals surface area contributed by atoms with Crippen molar-refractivity contribution in [3.8, 4) is 0 Å². The number of aldehydes is 1. The zero-order valence-electron chi connectivity index (χ0n) is 5.98. The summed E-state index contributed by atoms with van der Waals surface area (Å²) in [5.74, 6) is -0.462. The van der Waals surface area contributed by atoms with Gasteiger partial charge in [0.1, 0.15) is 5.82 Å². The van der Waals surface area contributed by atoms with Crippen LogP contribution in [0.1, 0.15) is 15.9 Å². The number of halogens is 3. The Bertz CT molecular complexity index is 312. The summed E-state index contributed by atoms with van der Waals surface area (Å²) < 4.78 is 13.9. The van der Waals surface area contributed by atoms with Crippen molar-refractivity contribution >= 4 is 38.1 Å². The van der Waals surface area contributed by atoms with Crippen LogP contribution in [0.15, 0.2) is 16.6 Å². The van der Waals surface area contributed by atoms with Crippen LogP contribution in [0.2, 0.25) is 0 Å². The predicted octanol–water partition coefficient (Wildman–Crippen LogP) is 3.30. The Morgan fingerprint density at radius 2 is 2.17 bits per heavy atom. The van der Waals surface area contributed by atoms with Crippen molar-refractivity contribution in [2.24, 2.45) is 0 Å². The summed E-state index contributed by atoms with van der Waals surface area (Å²) in [6, 6.07) is 3.10. The standard InChI is InChI=1S/C8H5Br2FO/c9-3-6-7(10)2-1-5(4-12)8(6)11/h1-2,4H,3H2. The van der Waals surface area contributed by atoms with Crippen molar-refractivity contribution in [3.63, 3.8) is 0 Å². The number of carbonyl (C=O) groups excluding carboxylic acids is 1. The average Bonchev–Trinajstić information content (AvgIpc) is 2.06. The fourth-order valence-corrected chi connectivity index (χ4v) is 2.20. The lowest BCUT2D eigenvalue weighted by molar-refractivity contribution is 0.111. The Labute approximate surface area is 86.2 Å². The number of benzene rings is 1. The van der Waals surface area contributed by atoms with E-state index >= 15 is 0 Å². The monoisotopic (exact) mass is 294 g/mol. The summed E-state index contributed by atoms with van der Waals surface area (Å²) in [4.78, 5) is 10.3. The van der Waals surface area contributed by atoms with E-state index in [4.69, 9.17) is 0 Å². The zero-order valence-corrected chi connectivity index (χ0v) is 9.15. The minimum absolute atomic E-state index is 0.0904. The molecule has 0 bridgehead atoms. The molecule has 1 rings (SSSR count). The quantitative estimate of drug-likeness (QED) is 0.604. The lowest BCUT2D eigenvalue weighted by Crippen LogP contribution is -1.94. The van der Waals surface area contributed by atoms with Crippen LogP contribution >= 0.6 is 31.9 Å². The van der Waals surface area contributed by atoms with Gasteiger partial charge in [0.2, 0.25) is 0 Å². The molecule has 0 aliphatic rings. The van der Waals surface area contributed by atoms with Crippen molar-refractivity contribution in [2.75, 3.05) is 0 Å². The molecule has 0 spiro atoms. The molecule has 0 atom stereocenters. The van der Waals surface area contributed by atoms with Crippen LogP contribution in [-0.2, 0) is 5.33 Å². The van der Waals surface area contributed by atoms with Gasteiger partial charge in [0, 0.05) is 15.4 Å². The van der Waals surface area contributed by atoms with E-state index in [1.807, 2.05) is 0 Å². The van der Waals surface area contributed by atoms with Gasteiger partial charge in [-0.05, 0) is 12.1 Å². The molecule has 4 heteroatoms. The molecule has 1 aromatic carbocycles. The minimum atomic E-state index is -0.462. The van der Waals surface area contributed by atoms with E-state index in [1.165, 1.54) is 6.07 Å². The van der Waals surface area contributed by atoms with Gasteiger partial charge < -0.3 is 0 Å². The molecule has 0 aliphatic carbocycles. The molecule has 64 valence electrons. The van der Waals surface area contributed by atoms with Gasteiger partial charge in [-0.25, -0.2) is 4.39 Å². The first-order chi connectivity index (χ1) is 5.70. The smallest absolute Gasteiger partial charge is 0.153 e. The van der Waals surface area contributed by atoms with Crippen LogP contribution in [0.3, 0.4) is 0 Å². The second kappa shape index (κ2) is 4.14. The predicted molar refractivity (Wildman–Crippen MR) is 52.1 cm³/mol. The Hall–Kier alpha value is -0.220. The maximum Gasteiger partial charge on any atom is 0.153 e. The molecule has 0 N–H and O–H groups in total. The minimum Gasteiger partial charge on any atom is -0.298 e. The summed E-state index contributed by atoms with van der Waals surface area (Å²) in [7, 11) is 0. The first-order valence-electron chi connectivity index (χ1n) is 3.18. The maximum atomic E-state index is 13.2. The molecule has 0 unspecified atom stereocenters. The molecule has 0 radical (unpaired) electrons. The lowest BCUT2D eigenvalue weighted by Gasteiger charge is -2.03. The Morgan fingerprint density at radius 1 is 1.50 bits per heavy atom. The molecular formula is C8H5Br2FO. The van der Waals surface area contributed by atoms with Crippen LogP contribution in [0.5, 0.6) is 0 Å². The molecular weight excluding hydrogens is 291 g/mol. The van der Waals surface area contributed by atoms with Crippen molar-refractivity contribution < 1.29 is 9.18 Å². The zero-order chi connectivity index (χ0) is 9.14. The van der Waals surface area contributed by atoms with E-state index in [9.17, 15) is 9.18 Å². The molecule has 0 aromatic heterocycles. The van der Waals surface area contributed by atoms with Crippen LogP contribution in [0, 0.1) is 5.82 Å². The van der Waals surface area contributed by atoms with E-state index in [-0.39, 0.29) is 5.56 Å². The van der Waals surface area contributed by atoms with Gasteiger partial charge in [-0.2, -0.15) is 0 Å². The Kier molecular flexibility index (Phi) is 3.40. The van der Waals surface area contributed by atoms with Gasteiger partial charge in [0.15, 0.2) is 6.29 Å². The average molecular weight is 296 g/mol. The molecule has 0 heterocycles. The Morgan fingerprint density at radius 3 is 2.67 bits per heavy atom. The summed E-state index contributed by atoms with van der Waals surface area (Å²) in [5.41, 5.74) is 0.562. The highest BCUT2D eigenvalue weighted by Crippen LogP contribution is 2.24. The molecule has 0 saturated heterocycles. The third-order valence-corrected chi connectivity index (χ3v) is 2.78. The van der Waals surface area contributed by atoms with Gasteiger partial charge in [-0.1, -0.05) is 31.9 Å². The highest BCUT2D eigenvalue weighted by Gasteiger charge is 2.09. The third-order valence-electron chi connectivity index (χ3n) is 1.48. The number of hydrogen-bond donors (Lipinski definition) is 0. The molecule has 0 saturated carbocycles. The van der Waals surface area contributed by atoms with Gasteiger partial charge in [-0.3, -0.25) is 4.79 Å². The van der Waals surface area contributed by atoms with Crippen molar-refractivity contribution in [1.29, 1.82) is 0 Å². The number of rotatable bonds is 2. The highest BCUT2D eigenvalue weighted by molar-refractivity contribution is 9.10. The van der Waals surface area contributed by atoms with Crippen LogP contribution < -0.4 is 0 Å². The number of carbonyl (C=O) groups is 1. The van der Waals surface area contributed by atoms with Crippen molar-refractivity contribution in [3.05, 3.63) is 33.5 Å². The van der Waals surface area contributed by atoms with E-state index in [2.05, 4.69) is 31.9 Å². The number of hydrogen-bond acceptors (Lipinski definition) is 1. The summed E-state index contributed by atoms with van der Waals surface area (Å²) in [6.07, 6.45) is 0.508. The maximum absolute atomic E-state index is 13.2. The first kappa shape index (κ1) is 9.86. The normalized spacial score (nSPS) is 9.92. The van der Waals surface area contributed by atoms with Gasteiger partial charge >= 0.3 is 0 Å². The fourth-order valence-electron chi connectivity index (χ4n) is 0.829. The molecule has 12 heavy (non-hydrogen) atoms. The van der Waals surface area contributed by atoms with Crippen LogP contribution in [0.25, 0.3) is 0 Å². The van der Waals surface area contributed by atoms with Gasteiger partial charge in [-0.15, -0.1) is 0 Å². The lowest BCUT2D eigenvalue weighted by atomic mass is 10.1. The number of alkyl halides is 1. The highest BCUT2D eigenvalue weighted by atomic mass is 79.9. The topological polar surface area (TPSA) is 17.1 Å². The molecule has 0 amide bonds. The molecule has 0 aliphatic heterocycles. The third kappa shape index (κ3) is 1.75. The van der Waals surface area contributed by atoms with Gasteiger partial charge in [0.25, 0.3) is 0 Å². The van der Waals surface area contributed by atoms with E-state index < -0.39 is 5.82 Å². The summed E-state index contributed by atoms with van der Waals surface area (Å²) in [6.45, 7) is 0. The van der Waals surface area contributed by atoms with Crippen LogP contribution in [0.4, 0.5) is 4.39 Å². The second-order valence-electron chi connectivity index (χ2n) is 2.18. The van der Waals surface area contributed by atoms with Crippen molar-refractivity contribution in [2.45, 2.75) is 5.33 Å². The summed E-state index contributed by atoms with van der Waals surface area (Å²) in [5, 5.41) is 0.390. The van der Waals surface area contributed by atoms with E-state index in [0.29, 0.717) is 21.7 Å².